The average Bonchev–Trinajstić information content (AvgIpc) is 2.60. The molecule has 0 amide bonds. The van der Waals surface area contributed by atoms with Crippen molar-refractivity contribution in [1.82, 2.24) is 0 Å². The molecule has 0 saturated heterocycles. The van der Waals surface area contributed by atoms with Crippen molar-refractivity contribution in [2.24, 2.45) is 11.8 Å². The van der Waals surface area contributed by atoms with Crippen molar-refractivity contribution in [2.75, 3.05) is 0 Å². The van der Waals surface area contributed by atoms with Gasteiger partial charge >= 0.3 is 5.97 Å². The van der Waals surface area contributed by atoms with E-state index >= 15 is 0 Å². The summed E-state index contributed by atoms with van der Waals surface area (Å²) in [6, 6.07) is 0. The second kappa shape index (κ2) is 19.2. The van der Waals surface area contributed by atoms with Crippen LogP contribution < -0.4 is 0 Å². The molecule has 1 unspecified atom stereocenters. The summed E-state index contributed by atoms with van der Waals surface area (Å²) in [5, 5.41) is 9.40. The van der Waals surface area contributed by atoms with E-state index in [1.807, 2.05) is 0 Å². The molecule has 0 aliphatic carbocycles. The lowest BCUT2D eigenvalue weighted by molar-refractivity contribution is -0.142. The molecule has 2 heteroatoms. The first-order valence-electron chi connectivity index (χ1n) is 11.8. The predicted octanol–water partition coefficient (Wildman–Crippen LogP) is 8.38. The largest absolute Gasteiger partial charge is 0.481 e. The molecule has 0 aromatic rings. The predicted molar refractivity (Wildman–Crippen MR) is 115 cm³/mol. The van der Waals surface area contributed by atoms with Crippen LogP contribution in [0.2, 0.25) is 0 Å². The second-order valence-corrected chi connectivity index (χ2v) is 8.74. The van der Waals surface area contributed by atoms with Gasteiger partial charge in [0.05, 0.1) is 5.92 Å². The number of carboxylic acids is 1. The van der Waals surface area contributed by atoms with Gasteiger partial charge in [0, 0.05) is 0 Å². The van der Waals surface area contributed by atoms with Gasteiger partial charge in [-0.2, -0.15) is 0 Å². The van der Waals surface area contributed by atoms with Crippen molar-refractivity contribution in [3.05, 3.63) is 0 Å². The Labute approximate surface area is 164 Å². The van der Waals surface area contributed by atoms with Gasteiger partial charge in [-0.3, -0.25) is 4.79 Å². The fraction of sp³-hybridized carbons (Fsp3) is 0.958. The lowest BCUT2D eigenvalue weighted by atomic mass is 9.94. The van der Waals surface area contributed by atoms with Crippen molar-refractivity contribution >= 4 is 5.97 Å². The molecule has 1 atom stereocenters. The topological polar surface area (TPSA) is 37.3 Å². The first-order valence-corrected chi connectivity index (χ1v) is 11.8. The van der Waals surface area contributed by atoms with Crippen LogP contribution in [-0.2, 0) is 4.79 Å². The van der Waals surface area contributed by atoms with Gasteiger partial charge in [0.1, 0.15) is 0 Å². The van der Waals surface area contributed by atoms with E-state index < -0.39 is 5.97 Å². The first kappa shape index (κ1) is 25.5. The third-order valence-corrected chi connectivity index (χ3v) is 5.59. The first-order chi connectivity index (χ1) is 12.6. The molecule has 0 aliphatic heterocycles. The van der Waals surface area contributed by atoms with Crippen molar-refractivity contribution in [3.8, 4) is 0 Å². The van der Waals surface area contributed by atoms with E-state index in [-0.39, 0.29) is 5.92 Å². The Kier molecular flexibility index (Phi) is 18.8. The highest BCUT2D eigenvalue weighted by Gasteiger charge is 2.16. The normalized spacial score (nSPS) is 12.6. The standard InChI is InChI=1S/C24H48O2/c1-4-5-6-7-8-9-10-11-12-13-14-17-20-23(24(25)26)21-18-15-16-19-22(2)3/h22-23H,4-21H2,1-3H3,(H,25,26). The number of hydrogen-bond donors (Lipinski definition) is 1. The lowest BCUT2D eigenvalue weighted by Crippen LogP contribution is -2.13. The maximum Gasteiger partial charge on any atom is 0.306 e. The number of rotatable bonds is 20. The summed E-state index contributed by atoms with van der Waals surface area (Å²) in [6.07, 6.45) is 22.7. The molecule has 1 N–H and O–H groups in total. The molecule has 26 heavy (non-hydrogen) atoms. The van der Waals surface area contributed by atoms with Gasteiger partial charge in [-0.25, -0.2) is 0 Å². The quantitative estimate of drug-likeness (QED) is 0.219. The summed E-state index contributed by atoms with van der Waals surface area (Å²) in [5.41, 5.74) is 0. The van der Waals surface area contributed by atoms with Crippen LogP contribution in [0.1, 0.15) is 136 Å². The van der Waals surface area contributed by atoms with Crippen LogP contribution in [0.25, 0.3) is 0 Å². The summed E-state index contributed by atoms with van der Waals surface area (Å²) in [4.78, 5) is 11.4. The fourth-order valence-electron chi connectivity index (χ4n) is 3.74. The molecule has 0 aromatic heterocycles. The van der Waals surface area contributed by atoms with Gasteiger partial charge in [0.2, 0.25) is 0 Å². The van der Waals surface area contributed by atoms with Crippen LogP contribution in [-0.4, -0.2) is 11.1 Å². The molecular formula is C24H48O2. The Bertz CT molecular complexity index is 299. The summed E-state index contributed by atoms with van der Waals surface area (Å²) in [7, 11) is 0. The Morgan fingerprint density at radius 1 is 0.615 bits per heavy atom. The van der Waals surface area contributed by atoms with Crippen LogP contribution >= 0.6 is 0 Å². The van der Waals surface area contributed by atoms with E-state index in [2.05, 4.69) is 20.8 Å². The zero-order chi connectivity index (χ0) is 19.5. The Morgan fingerprint density at radius 2 is 0.962 bits per heavy atom. The minimum Gasteiger partial charge on any atom is -0.481 e. The van der Waals surface area contributed by atoms with Crippen molar-refractivity contribution in [2.45, 2.75) is 136 Å². The fourth-order valence-corrected chi connectivity index (χ4v) is 3.74. The minimum absolute atomic E-state index is 0.0998. The lowest BCUT2D eigenvalue weighted by Gasteiger charge is -2.12. The van der Waals surface area contributed by atoms with Crippen LogP contribution in [0.3, 0.4) is 0 Å². The third-order valence-electron chi connectivity index (χ3n) is 5.59. The summed E-state index contributed by atoms with van der Waals surface area (Å²) in [5.74, 6) is 0.0976. The average molecular weight is 369 g/mol. The molecule has 0 bridgehead atoms. The van der Waals surface area contributed by atoms with E-state index in [0.717, 1.165) is 31.6 Å². The summed E-state index contributed by atoms with van der Waals surface area (Å²) < 4.78 is 0. The summed E-state index contributed by atoms with van der Waals surface area (Å²) >= 11 is 0. The number of unbranched alkanes of at least 4 members (excludes halogenated alkanes) is 13. The minimum atomic E-state index is -0.572. The van der Waals surface area contributed by atoms with E-state index in [0.29, 0.717) is 0 Å². The SMILES string of the molecule is CCCCCCCCCCCCCCC(CCCCCC(C)C)C(=O)O. The molecule has 0 spiro atoms. The molecule has 2 nitrogen and oxygen atoms in total. The monoisotopic (exact) mass is 368 g/mol. The van der Waals surface area contributed by atoms with E-state index in [9.17, 15) is 9.90 Å². The zero-order valence-corrected chi connectivity index (χ0v) is 18.2. The Balaban J connectivity index is 3.44. The number of carbonyl (C=O) groups is 1. The Morgan fingerprint density at radius 3 is 1.35 bits per heavy atom. The van der Waals surface area contributed by atoms with Gasteiger partial charge in [0.25, 0.3) is 0 Å². The van der Waals surface area contributed by atoms with E-state index in [1.54, 1.807) is 0 Å². The molecule has 0 heterocycles. The smallest absolute Gasteiger partial charge is 0.306 e. The molecule has 0 aliphatic rings. The number of aliphatic carboxylic acids is 1. The van der Waals surface area contributed by atoms with E-state index in [4.69, 9.17) is 0 Å². The summed E-state index contributed by atoms with van der Waals surface area (Å²) in [6.45, 7) is 6.79. The van der Waals surface area contributed by atoms with Gasteiger partial charge in [-0.05, 0) is 18.8 Å². The molecule has 0 radical (unpaired) electrons. The van der Waals surface area contributed by atoms with Gasteiger partial charge in [-0.15, -0.1) is 0 Å². The highest BCUT2D eigenvalue weighted by Crippen LogP contribution is 2.20. The second-order valence-electron chi connectivity index (χ2n) is 8.74. The highest BCUT2D eigenvalue weighted by atomic mass is 16.4. The van der Waals surface area contributed by atoms with Crippen LogP contribution in [0.4, 0.5) is 0 Å². The van der Waals surface area contributed by atoms with Crippen molar-refractivity contribution < 1.29 is 9.90 Å². The van der Waals surface area contributed by atoms with E-state index in [1.165, 1.54) is 89.9 Å². The maximum atomic E-state index is 11.4. The molecule has 0 rings (SSSR count). The van der Waals surface area contributed by atoms with Crippen molar-refractivity contribution in [1.29, 1.82) is 0 Å². The molecule has 0 fully saturated rings. The Hall–Kier alpha value is -0.530. The third kappa shape index (κ3) is 18.3. The van der Waals surface area contributed by atoms with Gasteiger partial charge in [0.15, 0.2) is 0 Å². The van der Waals surface area contributed by atoms with Gasteiger partial charge in [-0.1, -0.05) is 124 Å². The highest BCUT2D eigenvalue weighted by molar-refractivity contribution is 5.69. The molecular weight excluding hydrogens is 320 g/mol. The van der Waals surface area contributed by atoms with Gasteiger partial charge < -0.3 is 5.11 Å². The zero-order valence-electron chi connectivity index (χ0n) is 18.2. The number of carboxylic acid groups (broad SMARTS) is 1. The van der Waals surface area contributed by atoms with Crippen LogP contribution in [0.15, 0.2) is 0 Å². The van der Waals surface area contributed by atoms with Crippen LogP contribution in [0.5, 0.6) is 0 Å². The molecule has 0 saturated carbocycles. The molecule has 156 valence electrons. The van der Waals surface area contributed by atoms with Crippen LogP contribution in [0, 0.1) is 11.8 Å². The maximum absolute atomic E-state index is 11.4. The molecule has 0 aromatic carbocycles. The van der Waals surface area contributed by atoms with Crippen molar-refractivity contribution in [3.63, 3.8) is 0 Å². The number of hydrogen-bond acceptors (Lipinski definition) is 1.